The first-order valence-electron chi connectivity index (χ1n) is 5.51. The number of aliphatic hydroxyl groups excluding tert-OH is 1. The molecule has 1 saturated carbocycles. The molecule has 84 valence electrons. The Morgan fingerprint density at radius 2 is 2.25 bits per heavy atom. The topological polar surface area (TPSA) is 77.0 Å². The predicted molar refractivity (Wildman–Crippen MR) is 60.8 cm³/mol. The van der Waals surface area contributed by atoms with Crippen molar-refractivity contribution in [3.8, 4) is 0 Å². The third-order valence-electron chi connectivity index (χ3n) is 3.29. The van der Waals surface area contributed by atoms with E-state index < -0.39 is 0 Å². The number of hydrogen-bond donors (Lipinski definition) is 2. The third kappa shape index (κ3) is 1.36. The fourth-order valence-corrected chi connectivity index (χ4v) is 2.46. The molecular formula is C11H14N4O. The molecule has 3 N–H and O–H groups in total. The molecule has 1 fully saturated rings. The van der Waals surface area contributed by atoms with Crippen LogP contribution in [0.15, 0.2) is 18.6 Å². The van der Waals surface area contributed by atoms with Crippen molar-refractivity contribution in [1.82, 2.24) is 14.5 Å². The summed E-state index contributed by atoms with van der Waals surface area (Å²) in [6.45, 7) is 0. The lowest BCUT2D eigenvalue weighted by molar-refractivity contribution is 0.178. The molecule has 0 radical (unpaired) electrons. The molecular weight excluding hydrogens is 204 g/mol. The minimum Gasteiger partial charge on any atom is -0.393 e. The molecule has 0 bridgehead atoms. The third-order valence-corrected chi connectivity index (χ3v) is 3.29. The van der Waals surface area contributed by atoms with Gasteiger partial charge < -0.3 is 15.4 Å². The number of anilines is 1. The molecule has 2 aromatic rings. The maximum absolute atomic E-state index is 9.55. The molecule has 0 saturated heterocycles. The van der Waals surface area contributed by atoms with Crippen molar-refractivity contribution in [2.75, 3.05) is 5.73 Å². The van der Waals surface area contributed by atoms with Crippen LogP contribution in [-0.2, 0) is 0 Å². The highest BCUT2D eigenvalue weighted by Gasteiger charge is 2.25. The van der Waals surface area contributed by atoms with Crippen LogP contribution in [0.2, 0.25) is 0 Å². The molecule has 2 aromatic heterocycles. The van der Waals surface area contributed by atoms with Gasteiger partial charge in [0, 0.05) is 12.2 Å². The van der Waals surface area contributed by atoms with Crippen LogP contribution in [0.5, 0.6) is 0 Å². The summed E-state index contributed by atoms with van der Waals surface area (Å²) in [6.07, 6.45) is 5.97. The van der Waals surface area contributed by atoms with E-state index in [9.17, 15) is 5.11 Å². The fraction of sp³-hybridized carbons (Fsp3) is 0.455. The number of hydrogen-bond acceptors (Lipinski definition) is 4. The second-order valence-electron chi connectivity index (χ2n) is 4.34. The molecule has 16 heavy (non-hydrogen) atoms. The largest absolute Gasteiger partial charge is 0.393 e. The van der Waals surface area contributed by atoms with Crippen LogP contribution < -0.4 is 5.73 Å². The fourth-order valence-electron chi connectivity index (χ4n) is 2.46. The van der Waals surface area contributed by atoms with E-state index in [1.807, 2.05) is 6.07 Å². The zero-order valence-electron chi connectivity index (χ0n) is 8.87. The van der Waals surface area contributed by atoms with Crippen molar-refractivity contribution < 1.29 is 5.11 Å². The number of nitrogen functional groups attached to an aromatic ring is 1. The van der Waals surface area contributed by atoms with Crippen LogP contribution in [0, 0.1) is 0 Å². The van der Waals surface area contributed by atoms with E-state index in [2.05, 4.69) is 14.5 Å². The van der Waals surface area contributed by atoms with Gasteiger partial charge in [0.2, 0.25) is 0 Å². The van der Waals surface area contributed by atoms with Gasteiger partial charge in [0.25, 0.3) is 0 Å². The van der Waals surface area contributed by atoms with Crippen molar-refractivity contribution in [3.63, 3.8) is 0 Å². The number of imidazole rings is 1. The Morgan fingerprint density at radius 1 is 1.38 bits per heavy atom. The Labute approximate surface area is 92.9 Å². The molecule has 1 aliphatic carbocycles. The zero-order valence-corrected chi connectivity index (χ0v) is 8.87. The molecule has 1 aliphatic rings. The Hall–Kier alpha value is -1.62. The van der Waals surface area contributed by atoms with Crippen LogP contribution >= 0.6 is 0 Å². The summed E-state index contributed by atoms with van der Waals surface area (Å²) >= 11 is 0. The van der Waals surface area contributed by atoms with E-state index in [-0.39, 0.29) is 6.10 Å². The first-order valence-corrected chi connectivity index (χ1v) is 5.51. The number of pyridine rings is 1. The number of nitrogens with zero attached hydrogens (tertiary/aromatic N) is 3. The first kappa shape index (κ1) is 9.59. The van der Waals surface area contributed by atoms with Crippen LogP contribution in [-0.4, -0.2) is 25.7 Å². The van der Waals surface area contributed by atoms with Crippen molar-refractivity contribution in [2.45, 2.75) is 31.4 Å². The van der Waals surface area contributed by atoms with Gasteiger partial charge in [0.1, 0.15) is 5.52 Å². The average Bonchev–Trinajstić information content (AvgIpc) is 2.84. The van der Waals surface area contributed by atoms with E-state index in [4.69, 9.17) is 5.73 Å². The van der Waals surface area contributed by atoms with Gasteiger partial charge in [0.05, 0.1) is 17.9 Å². The molecule has 0 aromatic carbocycles. The number of rotatable bonds is 1. The van der Waals surface area contributed by atoms with Crippen LogP contribution in [0.1, 0.15) is 25.3 Å². The molecule has 5 nitrogen and oxygen atoms in total. The van der Waals surface area contributed by atoms with Crippen LogP contribution in [0.3, 0.4) is 0 Å². The summed E-state index contributed by atoms with van der Waals surface area (Å²) in [7, 11) is 0. The molecule has 2 heterocycles. The lowest BCUT2D eigenvalue weighted by Crippen LogP contribution is -2.06. The van der Waals surface area contributed by atoms with E-state index in [1.165, 1.54) is 0 Å². The minimum absolute atomic E-state index is 0.179. The summed E-state index contributed by atoms with van der Waals surface area (Å²) < 4.78 is 2.10. The van der Waals surface area contributed by atoms with Gasteiger partial charge in [-0.3, -0.25) is 0 Å². The van der Waals surface area contributed by atoms with Gasteiger partial charge in [-0.1, -0.05) is 0 Å². The van der Waals surface area contributed by atoms with Crippen LogP contribution in [0.25, 0.3) is 11.0 Å². The van der Waals surface area contributed by atoms with Gasteiger partial charge in [0.15, 0.2) is 5.82 Å². The Kier molecular flexibility index (Phi) is 2.07. The Morgan fingerprint density at radius 3 is 3.00 bits per heavy atom. The maximum atomic E-state index is 9.55. The molecule has 2 atom stereocenters. The highest BCUT2D eigenvalue weighted by molar-refractivity contribution is 5.84. The molecule has 0 aliphatic heterocycles. The highest BCUT2D eigenvalue weighted by atomic mass is 16.3. The lowest BCUT2D eigenvalue weighted by Gasteiger charge is -2.12. The van der Waals surface area contributed by atoms with E-state index in [0.29, 0.717) is 11.9 Å². The zero-order chi connectivity index (χ0) is 11.1. The van der Waals surface area contributed by atoms with E-state index >= 15 is 0 Å². The van der Waals surface area contributed by atoms with Crippen molar-refractivity contribution in [1.29, 1.82) is 0 Å². The molecule has 0 amide bonds. The second kappa shape index (κ2) is 3.45. The summed E-state index contributed by atoms with van der Waals surface area (Å²) in [6, 6.07) is 2.26. The average molecular weight is 218 g/mol. The van der Waals surface area contributed by atoms with Gasteiger partial charge in [-0.05, 0) is 25.3 Å². The predicted octanol–water partition coefficient (Wildman–Crippen LogP) is 1.10. The van der Waals surface area contributed by atoms with E-state index in [0.717, 1.165) is 30.3 Å². The normalized spacial score (nSPS) is 25.3. The van der Waals surface area contributed by atoms with Crippen molar-refractivity contribution >= 4 is 16.9 Å². The maximum Gasteiger partial charge on any atom is 0.151 e. The lowest BCUT2D eigenvalue weighted by atomic mass is 10.2. The molecule has 0 spiro atoms. The SMILES string of the molecule is Nc1nccc2c1ncn2C1CCC(O)C1. The number of fused-ring (bicyclic) bond motifs is 1. The summed E-state index contributed by atoms with van der Waals surface area (Å²) in [5.41, 5.74) is 7.52. The molecule has 5 heteroatoms. The quantitative estimate of drug-likeness (QED) is 0.751. The molecule has 2 unspecified atom stereocenters. The number of aromatic nitrogens is 3. The van der Waals surface area contributed by atoms with Gasteiger partial charge >= 0.3 is 0 Å². The summed E-state index contributed by atoms with van der Waals surface area (Å²) in [5, 5.41) is 9.55. The summed E-state index contributed by atoms with van der Waals surface area (Å²) in [4.78, 5) is 8.30. The van der Waals surface area contributed by atoms with Crippen molar-refractivity contribution in [3.05, 3.63) is 18.6 Å². The van der Waals surface area contributed by atoms with E-state index in [1.54, 1.807) is 12.5 Å². The minimum atomic E-state index is -0.179. The monoisotopic (exact) mass is 218 g/mol. The molecule has 3 rings (SSSR count). The smallest absolute Gasteiger partial charge is 0.151 e. The highest BCUT2D eigenvalue weighted by Crippen LogP contribution is 2.32. The Bertz CT molecular complexity index is 522. The first-order chi connectivity index (χ1) is 7.75. The van der Waals surface area contributed by atoms with Crippen molar-refractivity contribution in [2.24, 2.45) is 0 Å². The second-order valence-corrected chi connectivity index (χ2v) is 4.34. The summed E-state index contributed by atoms with van der Waals surface area (Å²) in [5.74, 6) is 0.467. The van der Waals surface area contributed by atoms with Gasteiger partial charge in [-0.25, -0.2) is 9.97 Å². The van der Waals surface area contributed by atoms with Gasteiger partial charge in [-0.15, -0.1) is 0 Å². The number of aliphatic hydroxyl groups is 1. The number of nitrogens with two attached hydrogens (primary N) is 1. The standard InChI is InChI=1S/C11H14N4O/c12-11-10-9(3-4-13-11)15(6-14-10)7-1-2-8(16)5-7/h3-4,6-8,16H,1-2,5H2,(H2,12,13). The Balaban J connectivity index is 2.08. The van der Waals surface area contributed by atoms with Crippen LogP contribution in [0.4, 0.5) is 5.82 Å². The van der Waals surface area contributed by atoms with Gasteiger partial charge in [-0.2, -0.15) is 0 Å².